The number of amides is 1. The average Bonchev–Trinajstić information content (AvgIpc) is 2.84. The second-order valence-corrected chi connectivity index (χ2v) is 11.4. The van der Waals surface area contributed by atoms with Crippen LogP contribution in [0.1, 0.15) is 98.0 Å². The van der Waals surface area contributed by atoms with Crippen LogP contribution in [0.5, 0.6) is 0 Å². The molecule has 6 heteroatoms. The largest absolute Gasteiger partial charge is 0.462 e. The van der Waals surface area contributed by atoms with Gasteiger partial charge in [-0.3, -0.25) is 14.5 Å². The number of esters is 1. The Bertz CT molecular complexity index is 940. The van der Waals surface area contributed by atoms with Gasteiger partial charge in [0.15, 0.2) is 0 Å². The van der Waals surface area contributed by atoms with Crippen molar-refractivity contribution < 1.29 is 23.9 Å². The van der Waals surface area contributed by atoms with Gasteiger partial charge < -0.3 is 9.47 Å². The first-order chi connectivity index (χ1) is 17.6. The van der Waals surface area contributed by atoms with Gasteiger partial charge in [0.1, 0.15) is 18.0 Å². The first kappa shape index (κ1) is 28.9. The molecule has 0 unspecified atom stereocenters. The van der Waals surface area contributed by atoms with Crippen molar-refractivity contribution in [2.75, 3.05) is 0 Å². The van der Waals surface area contributed by atoms with Gasteiger partial charge in [0.2, 0.25) is 0 Å². The summed E-state index contributed by atoms with van der Waals surface area (Å²) in [6.45, 7) is 9.53. The van der Waals surface area contributed by atoms with Crippen LogP contribution >= 0.6 is 0 Å². The Kier molecular flexibility index (Phi) is 10.4. The molecule has 0 radical (unpaired) electrons. The smallest absolute Gasteiger partial charge is 0.410 e. The van der Waals surface area contributed by atoms with Crippen LogP contribution in [0.4, 0.5) is 4.79 Å². The number of hydrogen-bond donors (Lipinski definition) is 0. The van der Waals surface area contributed by atoms with E-state index in [9.17, 15) is 14.4 Å². The molecule has 3 rings (SSSR count). The van der Waals surface area contributed by atoms with Gasteiger partial charge in [-0.2, -0.15) is 0 Å². The van der Waals surface area contributed by atoms with Crippen LogP contribution in [-0.4, -0.2) is 47.0 Å². The quantitative estimate of drug-likeness (QED) is 0.256. The van der Waals surface area contributed by atoms with Gasteiger partial charge in [-0.1, -0.05) is 76.1 Å². The fourth-order valence-electron chi connectivity index (χ4n) is 6.25. The first-order valence-corrected chi connectivity index (χ1v) is 14.0. The SMILES string of the molecule is CCC[C@@H](C[C@@H]1C=CC[C@H](CC(C)=O)N1C(=O)O[C@@H]1CCCC[C@H]1C(C)(C)c1ccccc1)OC(C)=O. The van der Waals surface area contributed by atoms with Gasteiger partial charge in [-0.05, 0) is 50.0 Å². The third-order valence-electron chi connectivity index (χ3n) is 8.10. The van der Waals surface area contributed by atoms with Gasteiger partial charge in [0.25, 0.3) is 0 Å². The molecule has 1 fully saturated rings. The van der Waals surface area contributed by atoms with Crippen LogP contribution in [0.2, 0.25) is 0 Å². The zero-order valence-corrected chi connectivity index (χ0v) is 23.3. The van der Waals surface area contributed by atoms with E-state index in [1.165, 1.54) is 12.5 Å². The zero-order valence-electron chi connectivity index (χ0n) is 23.3. The van der Waals surface area contributed by atoms with Crippen molar-refractivity contribution in [2.24, 2.45) is 5.92 Å². The second-order valence-electron chi connectivity index (χ2n) is 11.4. The van der Waals surface area contributed by atoms with E-state index < -0.39 is 0 Å². The molecular formula is C31H45NO5. The maximum absolute atomic E-state index is 13.9. The molecule has 1 amide bonds. The molecule has 1 aliphatic heterocycles. The lowest BCUT2D eigenvalue weighted by Gasteiger charge is -2.44. The lowest BCUT2D eigenvalue weighted by atomic mass is 9.66. The van der Waals surface area contributed by atoms with Crippen molar-refractivity contribution in [1.82, 2.24) is 4.90 Å². The van der Waals surface area contributed by atoms with Crippen LogP contribution in [0, 0.1) is 5.92 Å². The zero-order chi connectivity index (χ0) is 27.0. The number of benzene rings is 1. The molecule has 1 aromatic rings. The highest BCUT2D eigenvalue weighted by Crippen LogP contribution is 2.42. The molecule has 0 saturated heterocycles. The fraction of sp³-hybridized carbons (Fsp3) is 0.645. The Labute approximate surface area is 222 Å². The predicted molar refractivity (Wildman–Crippen MR) is 145 cm³/mol. The summed E-state index contributed by atoms with van der Waals surface area (Å²) in [6.07, 6.45) is 10.2. The van der Waals surface area contributed by atoms with Crippen molar-refractivity contribution in [3.05, 3.63) is 48.0 Å². The summed E-state index contributed by atoms with van der Waals surface area (Å²) < 4.78 is 11.9. The maximum atomic E-state index is 13.9. The van der Waals surface area contributed by atoms with Crippen LogP contribution < -0.4 is 0 Å². The van der Waals surface area contributed by atoms with Gasteiger partial charge in [-0.15, -0.1) is 0 Å². The number of carbonyl (C=O) groups is 3. The van der Waals surface area contributed by atoms with E-state index in [-0.39, 0.29) is 59.9 Å². The Morgan fingerprint density at radius 2 is 1.78 bits per heavy atom. The van der Waals surface area contributed by atoms with E-state index >= 15 is 0 Å². The summed E-state index contributed by atoms with van der Waals surface area (Å²) in [4.78, 5) is 39.5. The molecule has 37 heavy (non-hydrogen) atoms. The lowest BCUT2D eigenvalue weighted by molar-refractivity contribution is -0.147. The van der Waals surface area contributed by atoms with Gasteiger partial charge in [0, 0.05) is 31.7 Å². The third-order valence-corrected chi connectivity index (χ3v) is 8.10. The molecule has 1 heterocycles. The summed E-state index contributed by atoms with van der Waals surface area (Å²) in [5.74, 6) is -0.0740. The van der Waals surface area contributed by atoms with E-state index in [0.29, 0.717) is 12.8 Å². The van der Waals surface area contributed by atoms with Crippen LogP contribution in [0.3, 0.4) is 0 Å². The number of ether oxygens (including phenoxy) is 2. The molecular weight excluding hydrogens is 466 g/mol. The lowest BCUT2D eigenvalue weighted by Crippen LogP contribution is -2.52. The summed E-state index contributed by atoms with van der Waals surface area (Å²) in [5.41, 5.74) is 1.11. The molecule has 5 atom stereocenters. The normalized spacial score (nSPS) is 24.8. The molecule has 2 aliphatic rings. The molecule has 1 saturated carbocycles. The topological polar surface area (TPSA) is 72.9 Å². The van der Waals surface area contributed by atoms with E-state index in [4.69, 9.17) is 9.47 Å². The molecule has 1 aliphatic carbocycles. The number of carbonyl (C=O) groups excluding carboxylic acids is 3. The molecule has 0 aromatic heterocycles. The Morgan fingerprint density at radius 3 is 2.43 bits per heavy atom. The summed E-state index contributed by atoms with van der Waals surface area (Å²) >= 11 is 0. The minimum Gasteiger partial charge on any atom is -0.462 e. The predicted octanol–water partition coefficient (Wildman–Crippen LogP) is 6.76. The molecule has 1 aromatic carbocycles. The highest BCUT2D eigenvalue weighted by Gasteiger charge is 2.42. The monoisotopic (exact) mass is 511 g/mol. The van der Waals surface area contributed by atoms with Crippen molar-refractivity contribution >= 4 is 17.8 Å². The second kappa shape index (κ2) is 13.3. The van der Waals surface area contributed by atoms with Crippen molar-refractivity contribution in [3.63, 3.8) is 0 Å². The molecule has 204 valence electrons. The summed E-state index contributed by atoms with van der Waals surface area (Å²) in [7, 11) is 0. The molecule has 0 bridgehead atoms. The van der Waals surface area contributed by atoms with Crippen molar-refractivity contribution in [3.8, 4) is 0 Å². The van der Waals surface area contributed by atoms with E-state index in [1.54, 1.807) is 11.8 Å². The number of Topliss-reactive ketones (excluding diaryl/α,β-unsaturated/α-hetero) is 1. The minimum atomic E-state index is -0.362. The average molecular weight is 512 g/mol. The minimum absolute atomic E-state index is 0.0442. The fourth-order valence-corrected chi connectivity index (χ4v) is 6.25. The number of nitrogens with zero attached hydrogens (tertiary/aromatic N) is 1. The first-order valence-electron chi connectivity index (χ1n) is 14.0. The van der Waals surface area contributed by atoms with Crippen molar-refractivity contribution in [2.45, 2.75) is 122 Å². The van der Waals surface area contributed by atoms with Gasteiger partial charge in [-0.25, -0.2) is 4.79 Å². The highest BCUT2D eigenvalue weighted by atomic mass is 16.6. The summed E-state index contributed by atoms with van der Waals surface area (Å²) in [6, 6.07) is 9.92. The van der Waals surface area contributed by atoms with Crippen LogP contribution in [0.25, 0.3) is 0 Å². The number of rotatable bonds is 10. The standard InChI is InChI=1S/C31H45NO5/c1-6-13-27(36-23(3)34)21-26-17-12-16-25(20-22(2)33)32(26)30(35)37-29-19-11-10-18-28(29)31(4,5)24-14-8-7-9-15-24/h7-9,12,14-15,17,25-29H,6,10-11,13,16,18-21H2,1-5H3/t25-,26+,27+,28-,29-/m1/s1. The van der Waals surface area contributed by atoms with Gasteiger partial charge >= 0.3 is 12.1 Å². The van der Waals surface area contributed by atoms with Crippen LogP contribution in [0.15, 0.2) is 42.5 Å². The van der Waals surface area contributed by atoms with Crippen molar-refractivity contribution in [1.29, 1.82) is 0 Å². The maximum Gasteiger partial charge on any atom is 0.410 e. The van der Waals surface area contributed by atoms with Crippen LogP contribution in [-0.2, 0) is 24.5 Å². The van der Waals surface area contributed by atoms with E-state index in [0.717, 1.165) is 38.5 Å². The Morgan fingerprint density at radius 1 is 1.08 bits per heavy atom. The Balaban J connectivity index is 1.84. The number of ketones is 1. The molecule has 6 nitrogen and oxygen atoms in total. The third kappa shape index (κ3) is 7.68. The molecule has 0 spiro atoms. The van der Waals surface area contributed by atoms with E-state index in [1.807, 2.05) is 18.2 Å². The molecule has 0 N–H and O–H groups in total. The highest BCUT2D eigenvalue weighted by molar-refractivity contribution is 5.77. The van der Waals surface area contributed by atoms with E-state index in [2.05, 4.69) is 45.0 Å². The summed E-state index contributed by atoms with van der Waals surface area (Å²) in [5, 5.41) is 0. The van der Waals surface area contributed by atoms with Gasteiger partial charge in [0.05, 0.1) is 6.04 Å². The Hall–Kier alpha value is -2.63. The number of hydrogen-bond acceptors (Lipinski definition) is 5.